The van der Waals surface area contributed by atoms with Gasteiger partial charge in [0.25, 0.3) is 0 Å². The first-order valence-electron chi connectivity index (χ1n) is 8.24. The molecule has 0 atom stereocenters. The summed E-state index contributed by atoms with van der Waals surface area (Å²) in [6, 6.07) is 19.3. The van der Waals surface area contributed by atoms with Gasteiger partial charge in [-0.05, 0) is 53.8 Å². The van der Waals surface area contributed by atoms with Crippen LogP contribution in [0.5, 0.6) is 5.75 Å². The number of hydrogen-bond donors (Lipinski definition) is 1. The third kappa shape index (κ3) is 4.64. The lowest BCUT2D eigenvalue weighted by Gasteiger charge is -2.10. The van der Waals surface area contributed by atoms with Crippen LogP contribution in [0.3, 0.4) is 0 Å². The van der Waals surface area contributed by atoms with Crippen molar-refractivity contribution in [1.82, 2.24) is 4.98 Å². The number of ether oxygens (including phenoxy) is 1. The van der Waals surface area contributed by atoms with Gasteiger partial charge in [0.05, 0.1) is 0 Å². The van der Waals surface area contributed by atoms with Gasteiger partial charge in [-0.3, -0.25) is 9.78 Å². The molecule has 0 fully saturated rings. The number of aromatic nitrogens is 1. The van der Waals surface area contributed by atoms with Gasteiger partial charge >= 0.3 is 0 Å². The number of thioether (sulfide) groups is 1. The second kappa shape index (κ2) is 8.54. The lowest BCUT2D eigenvalue weighted by atomic mass is 10.1. The molecule has 0 unspecified atom stereocenters. The highest BCUT2D eigenvalue weighted by atomic mass is 32.2. The number of nitrogens with two attached hydrogens (primary N) is 1. The van der Waals surface area contributed by atoms with Crippen LogP contribution in [-0.4, -0.2) is 17.1 Å². The quantitative estimate of drug-likeness (QED) is 0.642. The Bertz CT molecular complexity index is 895. The van der Waals surface area contributed by atoms with E-state index in [4.69, 9.17) is 10.5 Å². The van der Waals surface area contributed by atoms with Crippen molar-refractivity contribution in [2.75, 3.05) is 6.26 Å². The second-order valence-electron chi connectivity index (χ2n) is 5.83. The maximum atomic E-state index is 11.1. The molecule has 0 bridgehead atoms. The molecule has 132 valence electrons. The number of hydrogen-bond acceptors (Lipinski definition) is 4. The monoisotopic (exact) mass is 364 g/mol. The number of primary amides is 1. The molecule has 0 saturated carbocycles. The van der Waals surface area contributed by atoms with Crippen LogP contribution in [0.25, 0.3) is 0 Å². The fourth-order valence-electron chi connectivity index (χ4n) is 2.61. The lowest BCUT2D eigenvalue weighted by molar-refractivity contribution is 0.100. The number of para-hydroxylation sites is 1. The zero-order valence-electron chi connectivity index (χ0n) is 14.5. The first kappa shape index (κ1) is 18.0. The van der Waals surface area contributed by atoms with Crippen molar-refractivity contribution in [3.63, 3.8) is 0 Å². The molecule has 2 aromatic carbocycles. The maximum Gasteiger partial charge on any atom is 0.248 e. The molecule has 2 N–H and O–H groups in total. The van der Waals surface area contributed by atoms with E-state index < -0.39 is 5.91 Å². The SMILES string of the molecule is CSc1ccccc1OCc1ccnc(Cc2ccc(C(N)=O)cc2)c1. The highest BCUT2D eigenvalue weighted by Gasteiger charge is 2.05. The predicted octanol–water partition coefficient (Wildman–Crippen LogP) is 4.07. The van der Waals surface area contributed by atoms with Crippen LogP contribution in [0.15, 0.2) is 71.8 Å². The van der Waals surface area contributed by atoms with E-state index in [1.807, 2.05) is 54.8 Å². The van der Waals surface area contributed by atoms with E-state index in [0.717, 1.165) is 27.5 Å². The van der Waals surface area contributed by atoms with Crippen LogP contribution in [0.2, 0.25) is 0 Å². The third-order valence-corrected chi connectivity index (χ3v) is 4.75. The summed E-state index contributed by atoms with van der Waals surface area (Å²) in [6.07, 6.45) is 4.52. The molecular formula is C21H20N2O2S. The van der Waals surface area contributed by atoms with Gasteiger partial charge < -0.3 is 10.5 Å². The van der Waals surface area contributed by atoms with Gasteiger partial charge in [0.15, 0.2) is 0 Å². The van der Waals surface area contributed by atoms with Crippen molar-refractivity contribution in [3.05, 3.63) is 89.2 Å². The minimum atomic E-state index is -0.417. The highest BCUT2D eigenvalue weighted by Crippen LogP contribution is 2.27. The van der Waals surface area contributed by atoms with E-state index in [-0.39, 0.29) is 0 Å². The van der Waals surface area contributed by atoms with E-state index >= 15 is 0 Å². The van der Waals surface area contributed by atoms with Crippen LogP contribution < -0.4 is 10.5 Å². The molecule has 1 heterocycles. The number of rotatable bonds is 7. The number of pyridine rings is 1. The van der Waals surface area contributed by atoms with Crippen molar-refractivity contribution < 1.29 is 9.53 Å². The predicted molar refractivity (Wildman–Crippen MR) is 105 cm³/mol. The summed E-state index contributed by atoms with van der Waals surface area (Å²) < 4.78 is 5.96. The average Bonchev–Trinajstić information content (AvgIpc) is 2.67. The van der Waals surface area contributed by atoms with E-state index in [9.17, 15) is 4.79 Å². The zero-order valence-corrected chi connectivity index (χ0v) is 15.3. The molecular weight excluding hydrogens is 344 g/mol. The number of nitrogens with zero attached hydrogens (tertiary/aromatic N) is 1. The molecule has 0 radical (unpaired) electrons. The van der Waals surface area contributed by atoms with Crippen LogP contribution in [-0.2, 0) is 13.0 Å². The molecule has 3 rings (SSSR count). The Kier molecular flexibility index (Phi) is 5.92. The van der Waals surface area contributed by atoms with Crippen molar-refractivity contribution in [3.8, 4) is 5.75 Å². The van der Waals surface area contributed by atoms with Gasteiger partial charge in [0, 0.05) is 28.8 Å². The molecule has 4 nitrogen and oxygen atoms in total. The Morgan fingerprint density at radius 2 is 1.85 bits per heavy atom. The molecule has 0 spiro atoms. The first-order valence-corrected chi connectivity index (χ1v) is 9.46. The van der Waals surface area contributed by atoms with E-state index in [1.165, 1.54) is 0 Å². The fraction of sp³-hybridized carbons (Fsp3) is 0.143. The van der Waals surface area contributed by atoms with Crippen LogP contribution >= 0.6 is 11.8 Å². The Balaban J connectivity index is 1.67. The summed E-state index contributed by atoms with van der Waals surface area (Å²) in [6.45, 7) is 0.494. The molecule has 1 amide bonds. The number of carbonyl (C=O) groups excluding carboxylic acids is 1. The van der Waals surface area contributed by atoms with Crippen LogP contribution in [0, 0.1) is 0 Å². The lowest BCUT2D eigenvalue weighted by Crippen LogP contribution is -2.10. The standard InChI is InChI=1S/C21H20N2O2S/c1-26-20-5-3-2-4-19(20)25-14-16-10-11-23-18(13-16)12-15-6-8-17(9-7-15)21(22)24/h2-11,13H,12,14H2,1H3,(H2,22,24). The van der Waals surface area contributed by atoms with Gasteiger partial charge in [-0.2, -0.15) is 0 Å². The van der Waals surface area contributed by atoms with E-state index in [1.54, 1.807) is 30.1 Å². The number of carbonyl (C=O) groups is 1. The number of benzene rings is 2. The van der Waals surface area contributed by atoms with Gasteiger partial charge in [-0.15, -0.1) is 11.8 Å². The summed E-state index contributed by atoms with van der Waals surface area (Å²) in [5.74, 6) is 0.472. The van der Waals surface area contributed by atoms with Crippen molar-refractivity contribution >= 4 is 17.7 Å². The molecule has 0 aliphatic carbocycles. The largest absolute Gasteiger partial charge is 0.488 e. The average molecular weight is 364 g/mol. The van der Waals surface area contributed by atoms with E-state index in [0.29, 0.717) is 18.6 Å². The van der Waals surface area contributed by atoms with E-state index in [2.05, 4.69) is 4.98 Å². The van der Waals surface area contributed by atoms with Crippen LogP contribution in [0.1, 0.15) is 27.2 Å². The molecule has 26 heavy (non-hydrogen) atoms. The molecule has 5 heteroatoms. The van der Waals surface area contributed by atoms with Crippen LogP contribution in [0.4, 0.5) is 0 Å². The zero-order chi connectivity index (χ0) is 18.4. The molecule has 0 saturated heterocycles. The van der Waals surface area contributed by atoms with Crippen molar-refractivity contribution in [2.45, 2.75) is 17.9 Å². The van der Waals surface area contributed by atoms with Gasteiger partial charge in [0.1, 0.15) is 12.4 Å². The molecule has 0 aliphatic rings. The summed E-state index contributed by atoms with van der Waals surface area (Å²) in [5, 5.41) is 0. The van der Waals surface area contributed by atoms with Crippen molar-refractivity contribution in [2.24, 2.45) is 5.73 Å². The summed E-state index contributed by atoms with van der Waals surface area (Å²) in [7, 11) is 0. The minimum absolute atomic E-state index is 0.417. The summed E-state index contributed by atoms with van der Waals surface area (Å²) in [5.41, 5.74) is 8.88. The minimum Gasteiger partial charge on any atom is -0.488 e. The smallest absolute Gasteiger partial charge is 0.248 e. The van der Waals surface area contributed by atoms with Gasteiger partial charge in [0.2, 0.25) is 5.91 Å². The fourth-order valence-corrected chi connectivity index (χ4v) is 3.15. The molecule has 1 aromatic heterocycles. The van der Waals surface area contributed by atoms with Gasteiger partial charge in [-0.25, -0.2) is 0 Å². The Morgan fingerprint density at radius 1 is 1.08 bits per heavy atom. The normalized spacial score (nSPS) is 10.5. The Hall–Kier alpha value is -2.79. The second-order valence-corrected chi connectivity index (χ2v) is 6.68. The van der Waals surface area contributed by atoms with Gasteiger partial charge in [-0.1, -0.05) is 24.3 Å². The third-order valence-electron chi connectivity index (χ3n) is 3.97. The Labute approximate surface area is 157 Å². The first-order chi connectivity index (χ1) is 12.7. The highest BCUT2D eigenvalue weighted by molar-refractivity contribution is 7.98. The number of amides is 1. The Morgan fingerprint density at radius 3 is 2.58 bits per heavy atom. The summed E-state index contributed by atoms with van der Waals surface area (Å²) >= 11 is 1.67. The molecule has 0 aliphatic heterocycles. The molecule has 3 aromatic rings. The van der Waals surface area contributed by atoms with Crippen molar-refractivity contribution in [1.29, 1.82) is 0 Å². The topological polar surface area (TPSA) is 65.2 Å². The maximum absolute atomic E-state index is 11.1. The summed E-state index contributed by atoms with van der Waals surface area (Å²) in [4.78, 5) is 16.7.